The van der Waals surface area contributed by atoms with Crippen LogP contribution in [0.25, 0.3) is 0 Å². The van der Waals surface area contributed by atoms with Crippen LogP contribution in [-0.4, -0.2) is 54.2 Å². The molecule has 0 aliphatic carbocycles. The molecule has 2 rings (SSSR count). The molecule has 1 aliphatic heterocycles. The Hall–Kier alpha value is -2.24. The number of rotatable bonds is 3. The zero-order valence-electron chi connectivity index (χ0n) is 15.6. The number of amides is 3. The molecule has 1 saturated heterocycles. The number of ether oxygens (including phenoxy) is 1. The zero-order chi connectivity index (χ0) is 18.4. The Kier molecular flexibility index (Phi) is 6.28. The average Bonchev–Trinajstić information content (AvgIpc) is 2.54. The van der Waals surface area contributed by atoms with Crippen molar-refractivity contribution in [3.05, 3.63) is 30.3 Å². The monoisotopic (exact) mass is 347 g/mol. The van der Waals surface area contributed by atoms with Crippen LogP contribution in [-0.2, 0) is 4.74 Å². The molecule has 1 fully saturated rings. The topological polar surface area (TPSA) is 61.9 Å². The molecule has 0 spiro atoms. The minimum atomic E-state index is -0.500. The number of nitrogens with zero attached hydrogens (tertiary/aromatic N) is 2. The van der Waals surface area contributed by atoms with Gasteiger partial charge >= 0.3 is 12.1 Å². The Morgan fingerprint density at radius 2 is 1.96 bits per heavy atom. The second-order valence-corrected chi connectivity index (χ2v) is 7.61. The summed E-state index contributed by atoms with van der Waals surface area (Å²) >= 11 is 0. The van der Waals surface area contributed by atoms with Crippen molar-refractivity contribution in [2.24, 2.45) is 5.92 Å². The minimum absolute atomic E-state index is 0.0872. The van der Waals surface area contributed by atoms with Crippen LogP contribution in [0.4, 0.5) is 15.3 Å². The summed E-state index contributed by atoms with van der Waals surface area (Å²) in [5, 5.41) is 2.92. The van der Waals surface area contributed by atoms with Crippen LogP contribution in [0.1, 0.15) is 33.6 Å². The van der Waals surface area contributed by atoms with Gasteiger partial charge in [0.05, 0.1) is 0 Å². The van der Waals surface area contributed by atoms with Crippen LogP contribution in [0.5, 0.6) is 0 Å². The van der Waals surface area contributed by atoms with E-state index in [-0.39, 0.29) is 18.0 Å². The van der Waals surface area contributed by atoms with Gasteiger partial charge < -0.3 is 19.9 Å². The molecule has 1 atom stereocenters. The average molecular weight is 347 g/mol. The van der Waals surface area contributed by atoms with E-state index in [0.717, 1.165) is 25.1 Å². The second-order valence-electron chi connectivity index (χ2n) is 7.61. The largest absolute Gasteiger partial charge is 0.444 e. The lowest BCUT2D eigenvalue weighted by molar-refractivity contribution is 0.0253. The molecule has 1 N–H and O–H groups in total. The summed E-state index contributed by atoms with van der Waals surface area (Å²) in [4.78, 5) is 28.0. The zero-order valence-corrected chi connectivity index (χ0v) is 15.6. The van der Waals surface area contributed by atoms with E-state index in [1.54, 1.807) is 11.9 Å². The van der Waals surface area contributed by atoms with Gasteiger partial charge in [-0.05, 0) is 51.7 Å². The van der Waals surface area contributed by atoms with Crippen LogP contribution in [0.2, 0.25) is 0 Å². The van der Waals surface area contributed by atoms with Gasteiger partial charge in [-0.1, -0.05) is 18.2 Å². The first-order valence-electron chi connectivity index (χ1n) is 8.80. The first-order valence-corrected chi connectivity index (χ1v) is 8.80. The molecule has 0 bridgehead atoms. The molecule has 6 nitrogen and oxygen atoms in total. The highest BCUT2D eigenvalue weighted by Gasteiger charge is 2.27. The van der Waals surface area contributed by atoms with E-state index in [1.807, 2.05) is 56.0 Å². The van der Waals surface area contributed by atoms with Crippen molar-refractivity contribution in [2.75, 3.05) is 32.0 Å². The fourth-order valence-electron chi connectivity index (χ4n) is 2.92. The van der Waals surface area contributed by atoms with E-state index < -0.39 is 5.60 Å². The summed E-state index contributed by atoms with van der Waals surface area (Å²) in [6.07, 6.45) is 1.62. The normalized spacial score (nSPS) is 17.8. The first kappa shape index (κ1) is 19.1. The van der Waals surface area contributed by atoms with E-state index in [4.69, 9.17) is 4.74 Å². The molecule has 1 heterocycles. The van der Waals surface area contributed by atoms with Gasteiger partial charge in [0, 0.05) is 32.4 Å². The summed E-state index contributed by atoms with van der Waals surface area (Å²) in [5.41, 5.74) is 0.292. The predicted molar refractivity (Wildman–Crippen MR) is 98.6 cm³/mol. The molecular formula is C19H29N3O3. The van der Waals surface area contributed by atoms with E-state index >= 15 is 0 Å². The van der Waals surface area contributed by atoms with Crippen molar-refractivity contribution < 1.29 is 14.3 Å². The number of hydrogen-bond donors (Lipinski definition) is 1. The van der Waals surface area contributed by atoms with Crippen molar-refractivity contribution in [1.29, 1.82) is 0 Å². The summed E-state index contributed by atoms with van der Waals surface area (Å²) < 4.78 is 5.39. The molecule has 1 aromatic carbocycles. The Morgan fingerprint density at radius 1 is 1.28 bits per heavy atom. The van der Waals surface area contributed by atoms with Crippen molar-refractivity contribution in [2.45, 2.75) is 39.2 Å². The molecule has 1 aliphatic rings. The summed E-state index contributed by atoms with van der Waals surface area (Å²) in [7, 11) is 1.75. The molecule has 25 heavy (non-hydrogen) atoms. The van der Waals surface area contributed by atoms with Crippen LogP contribution >= 0.6 is 0 Å². The molecular weight excluding hydrogens is 318 g/mol. The number of carbonyl (C=O) groups is 2. The Labute approximate surface area is 150 Å². The van der Waals surface area contributed by atoms with Crippen molar-refractivity contribution in [1.82, 2.24) is 9.80 Å². The quantitative estimate of drug-likeness (QED) is 0.905. The maximum Gasteiger partial charge on any atom is 0.410 e. The molecule has 138 valence electrons. The Bertz CT molecular complexity index is 583. The molecule has 0 radical (unpaired) electrons. The highest BCUT2D eigenvalue weighted by atomic mass is 16.6. The predicted octanol–water partition coefficient (Wildman–Crippen LogP) is 3.80. The van der Waals surface area contributed by atoms with Gasteiger partial charge in [0.1, 0.15) is 5.60 Å². The van der Waals surface area contributed by atoms with Gasteiger partial charge in [-0.2, -0.15) is 0 Å². The standard InChI is InChI=1S/C19H29N3O3/c1-19(2,3)25-18(24)21(4)13-15-9-8-12-22(14-15)17(23)20-16-10-6-5-7-11-16/h5-7,10-11,15H,8-9,12-14H2,1-4H3,(H,20,23). The second kappa shape index (κ2) is 8.23. The lowest BCUT2D eigenvalue weighted by Gasteiger charge is -2.35. The minimum Gasteiger partial charge on any atom is -0.444 e. The number of anilines is 1. The molecule has 3 amide bonds. The highest BCUT2D eigenvalue weighted by molar-refractivity contribution is 5.89. The summed E-state index contributed by atoms with van der Waals surface area (Å²) in [6.45, 7) is 7.54. The molecule has 1 unspecified atom stereocenters. The third-order valence-electron chi connectivity index (χ3n) is 4.07. The highest BCUT2D eigenvalue weighted by Crippen LogP contribution is 2.19. The van der Waals surface area contributed by atoms with E-state index in [9.17, 15) is 9.59 Å². The number of para-hydroxylation sites is 1. The Balaban J connectivity index is 1.85. The van der Waals surface area contributed by atoms with Crippen molar-refractivity contribution >= 4 is 17.8 Å². The van der Waals surface area contributed by atoms with E-state index in [0.29, 0.717) is 13.1 Å². The molecule has 6 heteroatoms. The van der Waals surface area contributed by atoms with Crippen molar-refractivity contribution in [3.8, 4) is 0 Å². The SMILES string of the molecule is CN(CC1CCCN(C(=O)Nc2ccccc2)C1)C(=O)OC(C)(C)C. The van der Waals surface area contributed by atoms with Gasteiger partial charge in [-0.3, -0.25) is 0 Å². The first-order chi connectivity index (χ1) is 11.7. The third kappa shape index (κ3) is 6.29. The number of benzene rings is 1. The fourth-order valence-corrected chi connectivity index (χ4v) is 2.92. The maximum absolute atomic E-state index is 12.4. The Morgan fingerprint density at radius 3 is 2.60 bits per heavy atom. The number of likely N-dealkylation sites (tertiary alicyclic amines) is 1. The molecule has 0 aromatic heterocycles. The maximum atomic E-state index is 12.4. The summed E-state index contributed by atoms with van der Waals surface area (Å²) in [5.74, 6) is 0.257. The third-order valence-corrected chi connectivity index (χ3v) is 4.07. The van der Waals surface area contributed by atoms with Crippen LogP contribution < -0.4 is 5.32 Å². The lowest BCUT2D eigenvalue weighted by atomic mass is 9.98. The molecule has 1 aromatic rings. The van der Waals surface area contributed by atoms with Crippen LogP contribution in [0.3, 0.4) is 0 Å². The van der Waals surface area contributed by atoms with Gasteiger partial charge in [-0.25, -0.2) is 9.59 Å². The molecule has 0 saturated carbocycles. The lowest BCUT2D eigenvalue weighted by Crippen LogP contribution is -2.46. The summed E-state index contributed by atoms with van der Waals surface area (Å²) in [6, 6.07) is 9.36. The van der Waals surface area contributed by atoms with Gasteiger partial charge in [0.2, 0.25) is 0 Å². The van der Waals surface area contributed by atoms with E-state index in [2.05, 4.69) is 5.32 Å². The van der Waals surface area contributed by atoms with Crippen molar-refractivity contribution in [3.63, 3.8) is 0 Å². The number of nitrogens with one attached hydrogen (secondary N) is 1. The van der Waals surface area contributed by atoms with E-state index in [1.165, 1.54) is 0 Å². The number of carbonyl (C=O) groups excluding carboxylic acids is 2. The fraction of sp³-hybridized carbons (Fsp3) is 0.579. The van der Waals surface area contributed by atoms with Gasteiger partial charge in [0.15, 0.2) is 0 Å². The number of piperidine rings is 1. The van der Waals surface area contributed by atoms with Crippen LogP contribution in [0.15, 0.2) is 30.3 Å². The van der Waals surface area contributed by atoms with Gasteiger partial charge in [-0.15, -0.1) is 0 Å². The van der Waals surface area contributed by atoms with Gasteiger partial charge in [0.25, 0.3) is 0 Å². The number of urea groups is 1. The number of hydrogen-bond acceptors (Lipinski definition) is 3. The van der Waals surface area contributed by atoms with Crippen LogP contribution in [0, 0.1) is 5.92 Å². The smallest absolute Gasteiger partial charge is 0.410 e.